The molecular weight excluding hydrogens is 382 g/mol. The van der Waals surface area contributed by atoms with Gasteiger partial charge in [0, 0.05) is 58.3 Å². The van der Waals surface area contributed by atoms with Gasteiger partial charge >= 0.3 is 0 Å². The summed E-state index contributed by atoms with van der Waals surface area (Å²) < 4.78 is 10.1. The Hall–Kier alpha value is -2.90. The number of nitrogens with zero attached hydrogens (tertiary/aromatic N) is 2. The number of methoxy groups -OCH3 is 2. The lowest BCUT2D eigenvalue weighted by Gasteiger charge is -2.26. The minimum atomic E-state index is -0.229. The predicted molar refractivity (Wildman–Crippen MR) is 119 cm³/mol. The van der Waals surface area contributed by atoms with Crippen LogP contribution in [0.4, 0.5) is 11.4 Å². The Morgan fingerprint density at radius 2 is 1.80 bits per heavy atom. The van der Waals surface area contributed by atoms with Crippen LogP contribution in [-0.4, -0.2) is 64.8 Å². The number of benzene rings is 2. The van der Waals surface area contributed by atoms with Crippen LogP contribution in [0.25, 0.3) is 0 Å². The first-order valence-corrected chi connectivity index (χ1v) is 9.79. The fourth-order valence-electron chi connectivity index (χ4n) is 3.17. The molecule has 0 spiro atoms. The van der Waals surface area contributed by atoms with Crippen molar-refractivity contribution in [1.82, 2.24) is 4.90 Å². The van der Waals surface area contributed by atoms with E-state index >= 15 is 0 Å². The minimum absolute atomic E-state index is 0.0173. The maximum atomic E-state index is 13.2. The standard InChI is InChI=1S/C23H31N3O4/c1-17-7-6-8-18(13-17)23(28)26(11-12-29-4)15-19-14-20(24-22(27)16-30-5)9-10-21(19)25(2)3/h6-10,13-14H,11-12,15-16H2,1-5H3,(H,24,27). The van der Waals surface area contributed by atoms with E-state index in [1.807, 2.05) is 68.4 Å². The summed E-state index contributed by atoms with van der Waals surface area (Å²) in [5.74, 6) is -0.289. The van der Waals surface area contributed by atoms with Crippen molar-refractivity contribution >= 4 is 23.2 Å². The molecule has 30 heavy (non-hydrogen) atoms. The zero-order valence-electron chi connectivity index (χ0n) is 18.4. The Bertz CT molecular complexity index is 867. The SMILES string of the molecule is COCCN(Cc1cc(NC(=O)COC)ccc1N(C)C)C(=O)c1cccc(C)c1. The van der Waals surface area contributed by atoms with E-state index in [0.29, 0.717) is 30.9 Å². The molecule has 0 unspecified atom stereocenters. The average Bonchev–Trinajstić information content (AvgIpc) is 2.70. The summed E-state index contributed by atoms with van der Waals surface area (Å²) in [4.78, 5) is 28.9. The third-order valence-corrected chi connectivity index (χ3v) is 4.60. The molecule has 2 amide bonds. The molecule has 0 fully saturated rings. The Morgan fingerprint density at radius 1 is 1.03 bits per heavy atom. The van der Waals surface area contributed by atoms with Gasteiger partial charge in [-0.1, -0.05) is 17.7 Å². The van der Waals surface area contributed by atoms with Crippen molar-refractivity contribution in [3.8, 4) is 0 Å². The quantitative estimate of drug-likeness (QED) is 0.649. The number of hydrogen-bond donors (Lipinski definition) is 1. The van der Waals surface area contributed by atoms with Crippen molar-refractivity contribution < 1.29 is 19.1 Å². The molecule has 0 saturated carbocycles. The molecule has 7 heteroatoms. The number of anilines is 2. The molecule has 1 N–H and O–H groups in total. The second-order valence-electron chi connectivity index (χ2n) is 7.31. The summed E-state index contributed by atoms with van der Waals surface area (Å²) in [6, 6.07) is 13.2. The highest BCUT2D eigenvalue weighted by Gasteiger charge is 2.19. The van der Waals surface area contributed by atoms with Gasteiger partial charge in [-0.15, -0.1) is 0 Å². The normalized spacial score (nSPS) is 10.6. The third-order valence-electron chi connectivity index (χ3n) is 4.60. The zero-order chi connectivity index (χ0) is 22.1. The Morgan fingerprint density at radius 3 is 2.43 bits per heavy atom. The first-order chi connectivity index (χ1) is 14.3. The second-order valence-corrected chi connectivity index (χ2v) is 7.31. The number of rotatable bonds is 10. The zero-order valence-corrected chi connectivity index (χ0v) is 18.4. The molecule has 0 radical (unpaired) electrons. The van der Waals surface area contributed by atoms with Crippen molar-refractivity contribution in [2.24, 2.45) is 0 Å². The number of hydrogen-bond acceptors (Lipinski definition) is 5. The largest absolute Gasteiger partial charge is 0.383 e. The monoisotopic (exact) mass is 413 g/mol. The van der Waals surface area contributed by atoms with Gasteiger partial charge in [-0.2, -0.15) is 0 Å². The van der Waals surface area contributed by atoms with Gasteiger partial charge in [-0.25, -0.2) is 0 Å². The van der Waals surface area contributed by atoms with E-state index in [1.54, 1.807) is 12.0 Å². The second kappa shape index (κ2) is 11.3. The van der Waals surface area contributed by atoms with Crippen molar-refractivity contribution in [2.45, 2.75) is 13.5 Å². The summed E-state index contributed by atoms with van der Waals surface area (Å²) in [7, 11) is 6.99. The highest BCUT2D eigenvalue weighted by Crippen LogP contribution is 2.25. The molecule has 0 aliphatic carbocycles. The first-order valence-electron chi connectivity index (χ1n) is 9.79. The summed E-state index contributed by atoms with van der Waals surface area (Å²) in [5.41, 5.74) is 4.23. The number of carbonyl (C=O) groups is 2. The summed E-state index contributed by atoms with van der Waals surface area (Å²) in [6.07, 6.45) is 0. The summed E-state index contributed by atoms with van der Waals surface area (Å²) >= 11 is 0. The van der Waals surface area contributed by atoms with Gasteiger partial charge in [-0.05, 0) is 42.8 Å². The predicted octanol–water partition coefficient (Wildman–Crippen LogP) is 2.93. The van der Waals surface area contributed by atoms with E-state index in [0.717, 1.165) is 16.8 Å². The van der Waals surface area contributed by atoms with Gasteiger partial charge in [0.2, 0.25) is 5.91 Å². The third kappa shape index (κ3) is 6.57. The molecule has 2 aromatic rings. The van der Waals surface area contributed by atoms with E-state index in [4.69, 9.17) is 9.47 Å². The van der Waals surface area contributed by atoms with Crippen molar-refractivity contribution in [2.75, 3.05) is 58.3 Å². The lowest BCUT2D eigenvalue weighted by atomic mass is 10.1. The van der Waals surface area contributed by atoms with E-state index in [2.05, 4.69) is 5.32 Å². The Labute approximate surface area is 178 Å². The maximum absolute atomic E-state index is 13.2. The molecule has 0 bridgehead atoms. The van der Waals surface area contributed by atoms with Gasteiger partial charge in [0.05, 0.1) is 6.61 Å². The number of nitrogens with one attached hydrogen (secondary N) is 1. The van der Waals surface area contributed by atoms with Gasteiger partial charge in [0.25, 0.3) is 5.91 Å². The molecule has 0 heterocycles. The Balaban J connectivity index is 2.34. The van der Waals surface area contributed by atoms with Crippen LogP contribution in [0.2, 0.25) is 0 Å². The lowest BCUT2D eigenvalue weighted by Crippen LogP contribution is -2.34. The molecule has 7 nitrogen and oxygen atoms in total. The molecule has 0 atom stereocenters. The van der Waals surface area contributed by atoms with Gasteiger partial charge < -0.3 is 24.6 Å². The summed E-state index contributed by atoms with van der Waals surface area (Å²) in [6.45, 7) is 3.22. The number of ether oxygens (including phenoxy) is 2. The van der Waals surface area contributed by atoms with E-state index in [9.17, 15) is 9.59 Å². The van der Waals surface area contributed by atoms with Crippen LogP contribution >= 0.6 is 0 Å². The first kappa shape index (κ1) is 23.4. The molecule has 0 saturated heterocycles. The van der Waals surface area contributed by atoms with E-state index < -0.39 is 0 Å². The van der Waals surface area contributed by atoms with E-state index in [-0.39, 0.29) is 18.4 Å². The van der Waals surface area contributed by atoms with Crippen LogP contribution in [0.15, 0.2) is 42.5 Å². The summed E-state index contributed by atoms with van der Waals surface area (Å²) in [5, 5.41) is 2.82. The molecule has 2 rings (SSSR count). The molecule has 0 aliphatic rings. The van der Waals surface area contributed by atoms with Crippen LogP contribution in [0.1, 0.15) is 21.5 Å². The minimum Gasteiger partial charge on any atom is -0.383 e. The van der Waals surface area contributed by atoms with E-state index in [1.165, 1.54) is 7.11 Å². The fourth-order valence-corrected chi connectivity index (χ4v) is 3.17. The van der Waals surface area contributed by atoms with Crippen molar-refractivity contribution in [3.05, 3.63) is 59.2 Å². The highest BCUT2D eigenvalue weighted by molar-refractivity contribution is 5.94. The van der Waals surface area contributed by atoms with Crippen LogP contribution in [0.5, 0.6) is 0 Å². The highest BCUT2D eigenvalue weighted by atomic mass is 16.5. The van der Waals surface area contributed by atoms with Crippen LogP contribution in [-0.2, 0) is 20.8 Å². The van der Waals surface area contributed by atoms with Gasteiger partial charge in [-0.3, -0.25) is 9.59 Å². The van der Waals surface area contributed by atoms with Crippen LogP contribution in [0.3, 0.4) is 0 Å². The van der Waals surface area contributed by atoms with Crippen LogP contribution < -0.4 is 10.2 Å². The molecule has 0 aromatic heterocycles. The topological polar surface area (TPSA) is 71.1 Å². The number of carbonyl (C=O) groups excluding carboxylic acids is 2. The molecule has 162 valence electrons. The van der Waals surface area contributed by atoms with Crippen LogP contribution in [0, 0.1) is 6.92 Å². The lowest BCUT2D eigenvalue weighted by molar-refractivity contribution is -0.119. The molecule has 2 aromatic carbocycles. The Kier molecular flexibility index (Phi) is 8.83. The van der Waals surface area contributed by atoms with Crippen molar-refractivity contribution in [1.29, 1.82) is 0 Å². The van der Waals surface area contributed by atoms with Gasteiger partial charge in [0.1, 0.15) is 6.61 Å². The number of amides is 2. The maximum Gasteiger partial charge on any atom is 0.254 e. The number of aryl methyl sites for hydroxylation is 1. The molecular formula is C23H31N3O4. The molecule has 0 aliphatic heterocycles. The smallest absolute Gasteiger partial charge is 0.254 e. The fraction of sp³-hybridized carbons (Fsp3) is 0.391. The van der Waals surface area contributed by atoms with Gasteiger partial charge in [0.15, 0.2) is 0 Å². The average molecular weight is 414 g/mol. The van der Waals surface area contributed by atoms with Crippen molar-refractivity contribution in [3.63, 3.8) is 0 Å².